The van der Waals surface area contributed by atoms with E-state index in [0.717, 1.165) is 23.8 Å². The van der Waals surface area contributed by atoms with Gasteiger partial charge in [0.1, 0.15) is 0 Å². The maximum atomic E-state index is 5.85. The molecule has 0 bridgehead atoms. The Bertz CT molecular complexity index is 693. The maximum absolute atomic E-state index is 5.85. The van der Waals surface area contributed by atoms with Crippen molar-refractivity contribution in [3.63, 3.8) is 0 Å². The molecule has 0 atom stereocenters. The van der Waals surface area contributed by atoms with E-state index in [9.17, 15) is 0 Å². The first kappa shape index (κ1) is 19.9. The molecule has 140 valence electrons. The molecule has 0 aliphatic heterocycles. The standard InChI is InChI=1S/C21H30N4O/c1-5-22-20(25-15-19-11-6-7-12-23-19)24-14-17-9-8-10-18(13-17)16-26-21(2,3)4/h6-13H,5,14-16H2,1-4H3,(H2,22,24,25). The molecule has 5 nitrogen and oxygen atoms in total. The van der Waals surface area contributed by atoms with Crippen LogP contribution in [0.4, 0.5) is 0 Å². The van der Waals surface area contributed by atoms with Gasteiger partial charge in [-0.3, -0.25) is 4.98 Å². The molecule has 1 aromatic carbocycles. The Balaban J connectivity index is 1.95. The Morgan fingerprint density at radius 2 is 1.88 bits per heavy atom. The third-order valence-corrected chi connectivity index (χ3v) is 3.59. The van der Waals surface area contributed by atoms with E-state index >= 15 is 0 Å². The number of pyridine rings is 1. The number of aromatic nitrogens is 1. The summed E-state index contributed by atoms with van der Waals surface area (Å²) in [5.41, 5.74) is 3.18. The fraction of sp³-hybridized carbons (Fsp3) is 0.429. The molecular formula is C21H30N4O. The van der Waals surface area contributed by atoms with Crippen LogP contribution in [-0.2, 0) is 24.4 Å². The van der Waals surface area contributed by atoms with Crippen molar-refractivity contribution in [1.29, 1.82) is 0 Å². The van der Waals surface area contributed by atoms with E-state index in [0.29, 0.717) is 19.7 Å². The maximum Gasteiger partial charge on any atom is 0.191 e. The van der Waals surface area contributed by atoms with Gasteiger partial charge in [0.15, 0.2) is 5.96 Å². The molecule has 0 saturated carbocycles. The van der Waals surface area contributed by atoms with E-state index in [2.05, 4.69) is 72.6 Å². The van der Waals surface area contributed by atoms with Crippen LogP contribution in [0.2, 0.25) is 0 Å². The minimum absolute atomic E-state index is 0.137. The lowest BCUT2D eigenvalue weighted by molar-refractivity contribution is -0.0149. The minimum atomic E-state index is -0.137. The lowest BCUT2D eigenvalue weighted by Gasteiger charge is -2.19. The first-order valence-electron chi connectivity index (χ1n) is 9.10. The summed E-state index contributed by atoms with van der Waals surface area (Å²) in [7, 11) is 0. The van der Waals surface area contributed by atoms with Crippen molar-refractivity contribution in [3.05, 3.63) is 65.5 Å². The lowest BCUT2D eigenvalue weighted by atomic mass is 10.1. The Morgan fingerprint density at radius 3 is 2.58 bits per heavy atom. The summed E-state index contributed by atoms with van der Waals surface area (Å²) in [4.78, 5) is 9.00. The number of ether oxygens (including phenoxy) is 1. The summed E-state index contributed by atoms with van der Waals surface area (Å²) in [6, 6.07) is 14.3. The van der Waals surface area contributed by atoms with Gasteiger partial charge < -0.3 is 15.4 Å². The zero-order chi connectivity index (χ0) is 18.8. The molecule has 0 fully saturated rings. The second-order valence-electron chi connectivity index (χ2n) is 7.09. The van der Waals surface area contributed by atoms with E-state index in [-0.39, 0.29) is 5.60 Å². The molecule has 0 amide bonds. The van der Waals surface area contributed by atoms with Crippen molar-refractivity contribution < 1.29 is 4.74 Å². The number of aliphatic imine (C=N–C) groups is 1. The van der Waals surface area contributed by atoms with Crippen LogP contribution < -0.4 is 10.6 Å². The largest absolute Gasteiger partial charge is 0.371 e. The number of nitrogens with zero attached hydrogens (tertiary/aromatic N) is 2. The SMILES string of the molecule is CCNC(=NCc1cccc(COC(C)(C)C)c1)NCc1ccccn1. The molecule has 2 aromatic rings. The summed E-state index contributed by atoms with van der Waals surface area (Å²) in [6.45, 7) is 10.9. The van der Waals surface area contributed by atoms with E-state index in [1.807, 2.05) is 18.2 Å². The summed E-state index contributed by atoms with van der Waals surface area (Å²) in [5.74, 6) is 0.787. The lowest BCUT2D eigenvalue weighted by Crippen LogP contribution is -2.37. The van der Waals surface area contributed by atoms with Crippen LogP contribution in [0.5, 0.6) is 0 Å². The topological polar surface area (TPSA) is 58.5 Å². The first-order chi connectivity index (χ1) is 12.5. The zero-order valence-corrected chi connectivity index (χ0v) is 16.2. The molecule has 2 N–H and O–H groups in total. The third kappa shape index (κ3) is 7.66. The molecule has 26 heavy (non-hydrogen) atoms. The molecule has 0 unspecified atom stereocenters. The van der Waals surface area contributed by atoms with Crippen molar-refractivity contribution in [2.24, 2.45) is 4.99 Å². The van der Waals surface area contributed by atoms with Gasteiger partial charge in [0.25, 0.3) is 0 Å². The van der Waals surface area contributed by atoms with Crippen LogP contribution in [-0.4, -0.2) is 23.1 Å². The van der Waals surface area contributed by atoms with Crippen LogP contribution in [0.25, 0.3) is 0 Å². The summed E-state index contributed by atoms with van der Waals surface area (Å²) in [6.07, 6.45) is 1.80. The predicted octanol–water partition coefficient (Wildman–Crippen LogP) is 3.65. The van der Waals surface area contributed by atoms with Crippen molar-refractivity contribution in [1.82, 2.24) is 15.6 Å². The molecule has 0 saturated heterocycles. The molecule has 1 heterocycles. The van der Waals surface area contributed by atoms with Gasteiger partial charge in [-0.15, -0.1) is 0 Å². The number of nitrogens with one attached hydrogen (secondary N) is 2. The van der Waals surface area contributed by atoms with Crippen LogP contribution >= 0.6 is 0 Å². The van der Waals surface area contributed by atoms with E-state index in [1.54, 1.807) is 6.20 Å². The van der Waals surface area contributed by atoms with Crippen molar-refractivity contribution >= 4 is 5.96 Å². The second-order valence-corrected chi connectivity index (χ2v) is 7.09. The third-order valence-electron chi connectivity index (χ3n) is 3.59. The summed E-state index contributed by atoms with van der Waals surface area (Å²) < 4.78 is 5.85. The Hall–Kier alpha value is -2.40. The molecule has 0 aliphatic carbocycles. The van der Waals surface area contributed by atoms with Gasteiger partial charge in [-0.25, -0.2) is 4.99 Å². The fourth-order valence-electron chi connectivity index (χ4n) is 2.31. The van der Waals surface area contributed by atoms with Crippen LogP contribution in [0, 0.1) is 0 Å². The second kappa shape index (κ2) is 9.92. The monoisotopic (exact) mass is 354 g/mol. The highest BCUT2D eigenvalue weighted by atomic mass is 16.5. The number of hydrogen-bond donors (Lipinski definition) is 2. The van der Waals surface area contributed by atoms with Gasteiger partial charge in [0.05, 0.1) is 31.0 Å². The van der Waals surface area contributed by atoms with E-state index in [1.165, 1.54) is 5.56 Å². The molecule has 0 spiro atoms. The van der Waals surface area contributed by atoms with Crippen LogP contribution in [0.1, 0.15) is 44.5 Å². The van der Waals surface area contributed by atoms with Gasteiger partial charge in [-0.05, 0) is 51.0 Å². The van der Waals surface area contributed by atoms with E-state index < -0.39 is 0 Å². The first-order valence-corrected chi connectivity index (χ1v) is 9.10. The molecule has 1 aromatic heterocycles. The highest BCUT2D eigenvalue weighted by Gasteiger charge is 2.10. The quantitative estimate of drug-likeness (QED) is 0.589. The van der Waals surface area contributed by atoms with Gasteiger partial charge in [0, 0.05) is 12.7 Å². The van der Waals surface area contributed by atoms with Crippen molar-refractivity contribution in [2.75, 3.05) is 6.54 Å². The summed E-state index contributed by atoms with van der Waals surface area (Å²) >= 11 is 0. The Labute approximate surface area is 156 Å². The van der Waals surface area contributed by atoms with Gasteiger partial charge >= 0.3 is 0 Å². The zero-order valence-electron chi connectivity index (χ0n) is 16.2. The average Bonchev–Trinajstić information content (AvgIpc) is 2.63. The van der Waals surface area contributed by atoms with E-state index in [4.69, 9.17) is 4.74 Å². The number of hydrogen-bond acceptors (Lipinski definition) is 3. The predicted molar refractivity (Wildman–Crippen MR) is 107 cm³/mol. The highest BCUT2D eigenvalue weighted by molar-refractivity contribution is 5.79. The van der Waals surface area contributed by atoms with Gasteiger partial charge in [-0.1, -0.05) is 30.3 Å². The van der Waals surface area contributed by atoms with Crippen molar-refractivity contribution in [3.8, 4) is 0 Å². The fourth-order valence-corrected chi connectivity index (χ4v) is 2.31. The molecular weight excluding hydrogens is 324 g/mol. The average molecular weight is 354 g/mol. The number of benzene rings is 1. The van der Waals surface area contributed by atoms with Gasteiger partial charge in [0.2, 0.25) is 0 Å². The Kier molecular flexibility index (Phi) is 7.60. The number of guanidine groups is 1. The highest BCUT2D eigenvalue weighted by Crippen LogP contribution is 2.13. The normalized spacial score (nSPS) is 12.1. The Morgan fingerprint density at radius 1 is 1.08 bits per heavy atom. The number of rotatable bonds is 7. The smallest absolute Gasteiger partial charge is 0.191 e. The van der Waals surface area contributed by atoms with Crippen molar-refractivity contribution in [2.45, 2.75) is 53.0 Å². The van der Waals surface area contributed by atoms with Crippen LogP contribution in [0.3, 0.4) is 0 Å². The molecule has 5 heteroatoms. The van der Waals surface area contributed by atoms with Gasteiger partial charge in [-0.2, -0.15) is 0 Å². The molecule has 2 rings (SSSR count). The van der Waals surface area contributed by atoms with Crippen LogP contribution in [0.15, 0.2) is 53.7 Å². The minimum Gasteiger partial charge on any atom is -0.371 e. The summed E-state index contributed by atoms with van der Waals surface area (Å²) in [5, 5.41) is 6.59. The molecule has 0 radical (unpaired) electrons. The molecule has 0 aliphatic rings.